The van der Waals surface area contributed by atoms with Crippen LogP contribution >= 0.6 is 11.8 Å². The zero-order valence-corrected chi connectivity index (χ0v) is 12.2. The molecular formula is C12H17F3N4S. The van der Waals surface area contributed by atoms with Gasteiger partial charge in [-0.2, -0.15) is 13.2 Å². The Kier molecular flexibility index (Phi) is 4.62. The average Bonchev–Trinajstić information content (AvgIpc) is 2.84. The summed E-state index contributed by atoms with van der Waals surface area (Å²) in [6.07, 6.45) is 0.365. The molecule has 112 valence electrons. The summed E-state index contributed by atoms with van der Waals surface area (Å²) >= 11 is 1.33. The normalized spacial score (nSPS) is 15.2. The van der Waals surface area contributed by atoms with Crippen LogP contribution < -0.4 is 4.90 Å². The number of H-pyrrole nitrogens is 1. The Hall–Kier alpha value is -1.18. The number of halogens is 3. The highest BCUT2D eigenvalue weighted by atomic mass is 32.2. The lowest BCUT2D eigenvalue weighted by Gasteiger charge is -2.25. The van der Waals surface area contributed by atoms with Crippen LogP contribution in [0.4, 0.5) is 19.0 Å². The van der Waals surface area contributed by atoms with E-state index in [4.69, 9.17) is 0 Å². The Bertz CT molecular complexity index is 495. The molecule has 20 heavy (non-hydrogen) atoms. The van der Waals surface area contributed by atoms with E-state index in [2.05, 4.69) is 21.9 Å². The number of aliphatic imine (C=N–C) groups is 1. The second-order valence-corrected chi connectivity index (χ2v) is 5.36. The Morgan fingerprint density at radius 3 is 2.70 bits per heavy atom. The van der Waals surface area contributed by atoms with Crippen LogP contribution in [0.3, 0.4) is 0 Å². The Balaban J connectivity index is 2.27. The van der Waals surface area contributed by atoms with Crippen molar-refractivity contribution in [3.63, 3.8) is 0 Å². The number of aromatic amines is 1. The van der Waals surface area contributed by atoms with Gasteiger partial charge in [-0.25, -0.2) is 4.98 Å². The smallest absolute Gasteiger partial charge is 0.335 e. The lowest BCUT2D eigenvalue weighted by atomic mass is 10.2. The van der Waals surface area contributed by atoms with Crippen LogP contribution in [0.2, 0.25) is 0 Å². The molecular weight excluding hydrogens is 289 g/mol. The van der Waals surface area contributed by atoms with E-state index < -0.39 is 12.0 Å². The zero-order valence-electron chi connectivity index (χ0n) is 11.4. The topological polar surface area (TPSA) is 44.3 Å². The summed E-state index contributed by atoms with van der Waals surface area (Å²) in [7, 11) is 0. The fourth-order valence-electron chi connectivity index (χ4n) is 2.07. The third-order valence-corrected chi connectivity index (χ3v) is 3.80. The number of anilines is 1. The molecule has 1 aromatic heterocycles. The predicted octanol–water partition coefficient (Wildman–Crippen LogP) is 3.51. The van der Waals surface area contributed by atoms with Crippen LogP contribution in [0.15, 0.2) is 4.99 Å². The summed E-state index contributed by atoms with van der Waals surface area (Å²) in [5.41, 5.74) is 0.382. The molecule has 1 N–H and O–H groups in total. The number of fused-ring (bicyclic) bond motifs is 1. The van der Waals surface area contributed by atoms with E-state index in [-0.39, 0.29) is 0 Å². The van der Waals surface area contributed by atoms with Gasteiger partial charge in [0.05, 0.1) is 0 Å². The van der Waals surface area contributed by atoms with Crippen LogP contribution in [-0.2, 0) is 6.18 Å². The van der Waals surface area contributed by atoms with Crippen molar-refractivity contribution in [1.29, 1.82) is 0 Å². The zero-order chi connectivity index (χ0) is 14.8. The van der Waals surface area contributed by atoms with Crippen LogP contribution in [-0.4, -0.2) is 34.5 Å². The highest BCUT2D eigenvalue weighted by Crippen LogP contribution is 2.33. The summed E-state index contributed by atoms with van der Waals surface area (Å²) in [5.74, 6) is -0.584. The van der Waals surface area contributed by atoms with E-state index in [9.17, 15) is 13.2 Å². The van der Waals surface area contributed by atoms with Crippen molar-refractivity contribution in [3.05, 3.63) is 11.5 Å². The highest BCUT2D eigenvalue weighted by Gasteiger charge is 2.38. The number of imidazole rings is 1. The standard InChI is InChI=1S/C12H17F3N4S/c1-3-4-5-6-19-7-16-10(20-2)8-9(19)18-11(17-8)12(13,14)15/h3-7H2,1-2H3,(H,17,18). The monoisotopic (exact) mass is 306 g/mol. The molecule has 1 aromatic rings. The van der Waals surface area contributed by atoms with Gasteiger partial charge in [-0.15, -0.1) is 11.8 Å². The summed E-state index contributed by atoms with van der Waals surface area (Å²) in [4.78, 5) is 12.2. The van der Waals surface area contributed by atoms with Gasteiger partial charge < -0.3 is 9.88 Å². The van der Waals surface area contributed by atoms with Gasteiger partial charge in [0.2, 0.25) is 5.82 Å². The number of hydrogen-bond donors (Lipinski definition) is 1. The molecule has 0 unspecified atom stereocenters. The van der Waals surface area contributed by atoms with Crippen molar-refractivity contribution < 1.29 is 13.2 Å². The quantitative estimate of drug-likeness (QED) is 0.866. The third kappa shape index (κ3) is 3.11. The molecule has 0 radical (unpaired) electrons. The summed E-state index contributed by atoms with van der Waals surface area (Å²) in [6.45, 7) is 3.13. The van der Waals surface area contributed by atoms with Crippen molar-refractivity contribution in [2.75, 3.05) is 24.4 Å². The molecule has 2 heterocycles. The molecule has 8 heteroatoms. The van der Waals surface area contributed by atoms with Crippen LogP contribution in [0.1, 0.15) is 37.7 Å². The van der Waals surface area contributed by atoms with Crippen LogP contribution in [0, 0.1) is 0 Å². The summed E-state index contributed by atoms with van der Waals surface area (Å²) < 4.78 is 38.3. The van der Waals surface area contributed by atoms with Crippen molar-refractivity contribution >= 4 is 22.6 Å². The minimum absolute atomic E-state index is 0.368. The Labute approximate surface area is 119 Å². The number of hydrogen-bond acceptors (Lipinski definition) is 4. The van der Waals surface area contributed by atoms with Crippen LogP contribution in [0.5, 0.6) is 0 Å². The first-order valence-corrected chi connectivity index (χ1v) is 7.70. The molecule has 0 amide bonds. The summed E-state index contributed by atoms with van der Waals surface area (Å²) in [6, 6.07) is 0. The average molecular weight is 306 g/mol. The lowest BCUT2D eigenvalue weighted by Crippen LogP contribution is -2.30. The highest BCUT2D eigenvalue weighted by molar-refractivity contribution is 8.13. The molecule has 0 aromatic carbocycles. The SMILES string of the molecule is CCCCCN1CN=C(SC)c2[nH]c(C(F)(F)F)nc21. The van der Waals surface area contributed by atoms with Gasteiger partial charge in [-0.3, -0.25) is 4.99 Å². The largest absolute Gasteiger partial charge is 0.449 e. The predicted molar refractivity (Wildman–Crippen MR) is 75.4 cm³/mol. The Morgan fingerprint density at radius 1 is 1.35 bits per heavy atom. The first-order chi connectivity index (χ1) is 9.47. The van der Waals surface area contributed by atoms with Crippen molar-refractivity contribution in [2.24, 2.45) is 4.99 Å². The molecule has 0 saturated heterocycles. The van der Waals surface area contributed by atoms with E-state index in [1.54, 1.807) is 11.2 Å². The fourth-order valence-corrected chi connectivity index (χ4v) is 2.60. The lowest BCUT2D eigenvalue weighted by molar-refractivity contribution is -0.144. The minimum Gasteiger partial charge on any atom is -0.335 e. The molecule has 0 atom stereocenters. The second-order valence-electron chi connectivity index (χ2n) is 4.56. The molecule has 1 aliphatic rings. The van der Waals surface area contributed by atoms with Gasteiger partial charge in [0.25, 0.3) is 0 Å². The number of nitrogens with one attached hydrogen (secondary N) is 1. The van der Waals surface area contributed by atoms with E-state index in [0.717, 1.165) is 19.3 Å². The van der Waals surface area contributed by atoms with Gasteiger partial charge in [0.15, 0.2) is 5.82 Å². The van der Waals surface area contributed by atoms with Crippen LogP contribution in [0.25, 0.3) is 0 Å². The molecule has 0 saturated carbocycles. The molecule has 4 nitrogen and oxygen atoms in total. The van der Waals surface area contributed by atoms with Gasteiger partial charge in [-0.1, -0.05) is 19.8 Å². The molecule has 0 aliphatic carbocycles. The van der Waals surface area contributed by atoms with Crippen molar-refractivity contribution in [1.82, 2.24) is 9.97 Å². The van der Waals surface area contributed by atoms with Gasteiger partial charge in [0, 0.05) is 6.54 Å². The van der Waals surface area contributed by atoms with Crippen molar-refractivity contribution in [2.45, 2.75) is 32.4 Å². The van der Waals surface area contributed by atoms with Gasteiger partial charge in [-0.05, 0) is 12.7 Å². The number of nitrogens with zero attached hydrogens (tertiary/aromatic N) is 3. The van der Waals surface area contributed by atoms with Crippen molar-refractivity contribution in [3.8, 4) is 0 Å². The summed E-state index contributed by atoms with van der Waals surface area (Å²) in [5, 5.41) is 0.578. The number of unbranched alkanes of at least 4 members (excludes halogenated alkanes) is 2. The molecule has 0 fully saturated rings. The number of thioether (sulfide) groups is 1. The maximum atomic E-state index is 12.8. The molecule has 0 spiro atoms. The first-order valence-electron chi connectivity index (χ1n) is 6.48. The first kappa shape index (κ1) is 15.2. The molecule has 0 bridgehead atoms. The van der Waals surface area contributed by atoms with E-state index in [1.807, 2.05) is 0 Å². The maximum Gasteiger partial charge on any atom is 0.449 e. The Morgan fingerprint density at radius 2 is 2.10 bits per heavy atom. The number of rotatable bonds is 4. The maximum absolute atomic E-state index is 12.8. The minimum atomic E-state index is -4.46. The fraction of sp³-hybridized carbons (Fsp3) is 0.667. The van der Waals surface area contributed by atoms with E-state index in [1.165, 1.54) is 11.8 Å². The molecule has 1 aliphatic heterocycles. The van der Waals surface area contributed by atoms with E-state index in [0.29, 0.717) is 29.8 Å². The number of aromatic nitrogens is 2. The van der Waals surface area contributed by atoms with Gasteiger partial charge in [0.1, 0.15) is 17.4 Å². The van der Waals surface area contributed by atoms with E-state index >= 15 is 0 Å². The van der Waals surface area contributed by atoms with Gasteiger partial charge >= 0.3 is 6.18 Å². The second kappa shape index (κ2) is 6.07. The third-order valence-electron chi connectivity index (χ3n) is 3.08. The number of alkyl halides is 3. The molecule has 2 rings (SSSR count).